The molecule has 0 aliphatic carbocycles. The van der Waals surface area contributed by atoms with E-state index in [-0.39, 0.29) is 26.2 Å². The molecule has 0 saturated carbocycles. The molecule has 8 nitrogen and oxygen atoms in total. The predicted octanol–water partition coefficient (Wildman–Crippen LogP) is 2.24. The molecular weight excluding hydrogens is 350 g/mol. The molecule has 1 aromatic carbocycles. The Hall–Kier alpha value is -2.61. The number of ether oxygens (including phenoxy) is 2. The van der Waals surface area contributed by atoms with Crippen molar-refractivity contribution in [3.05, 3.63) is 35.9 Å². The molecule has 0 atom stereocenters. The van der Waals surface area contributed by atoms with E-state index in [1.54, 1.807) is 34.9 Å². The standard InChI is InChI=1S/C19H29N3O5/c1-19(2,3)27-18(25)22(16(23)13-20-4)12-11-21(5)17(24)26-14-15-9-7-6-8-10-15/h6-10,20H,11-14H2,1-5H3. The van der Waals surface area contributed by atoms with E-state index in [1.807, 2.05) is 30.3 Å². The predicted molar refractivity (Wildman–Crippen MR) is 101 cm³/mol. The molecule has 0 unspecified atom stereocenters. The summed E-state index contributed by atoms with van der Waals surface area (Å²) in [5.41, 5.74) is 0.147. The van der Waals surface area contributed by atoms with E-state index >= 15 is 0 Å². The van der Waals surface area contributed by atoms with Crippen LogP contribution in [-0.4, -0.2) is 67.2 Å². The Bertz CT molecular complexity index is 628. The van der Waals surface area contributed by atoms with Gasteiger partial charge in [-0.1, -0.05) is 30.3 Å². The van der Waals surface area contributed by atoms with E-state index in [0.29, 0.717) is 0 Å². The maximum atomic E-state index is 12.3. The fourth-order valence-corrected chi connectivity index (χ4v) is 2.05. The van der Waals surface area contributed by atoms with Gasteiger partial charge in [-0.2, -0.15) is 0 Å². The van der Waals surface area contributed by atoms with Crippen molar-refractivity contribution in [1.29, 1.82) is 0 Å². The minimum atomic E-state index is -0.742. The second-order valence-corrected chi connectivity index (χ2v) is 7.02. The van der Waals surface area contributed by atoms with Gasteiger partial charge in [0, 0.05) is 20.1 Å². The molecule has 0 fully saturated rings. The molecule has 0 aromatic heterocycles. The third-order valence-corrected chi connectivity index (χ3v) is 3.42. The van der Waals surface area contributed by atoms with Crippen molar-refractivity contribution in [2.75, 3.05) is 33.7 Å². The molecule has 0 aliphatic heterocycles. The maximum absolute atomic E-state index is 12.3. The van der Waals surface area contributed by atoms with Crippen LogP contribution in [0.1, 0.15) is 26.3 Å². The minimum absolute atomic E-state index is 0.00631. The van der Waals surface area contributed by atoms with Crippen molar-refractivity contribution in [2.24, 2.45) is 0 Å². The molecule has 8 heteroatoms. The Morgan fingerprint density at radius 3 is 2.22 bits per heavy atom. The number of hydrogen-bond donors (Lipinski definition) is 1. The van der Waals surface area contributed by atoms with Gasteiger partial charge in [0.15, 0.2) is 0 Å². The SMILES string of the molecule is CNCC(=O)N(CCN(C)C(=O)OCc1ccccc1)C(=O)OC(C)(C)C. The first-order chi connectivity index (χ1) is 12.6. The number of benzene rings is 1. The zero-order valence-corrected chi connectivity index (χ0v) is 16.7. The summed E-state index contributed by atoms with van der Waals surface area (Å²) in [6, 6.07) is 9.31. The zero-order valence-electron chi connectivity index (χ0n) is 16.7. The fourth-order valence-electron chi connectivity index (χ4n) is 2.05. The second-order valence-electron chi connectivity index (χ2n) is 7.02. The molecule has 0 spiro atoms. The Morgan fingerprint density at radius 2 is 1.67 bits per heavy atom. The van der Waals surface area contributed by atoms with Gasteiger partial charge < -0.3 is 19.7 Å². The summed E-state index contributed by atoms with van der Waals surface area (Å²) in [5.74, 6) is -0.433. The van der Waals surface area contributed by atoms with E-state index in [2.05, 4.69) is 5.32 Å². The van der Waals surface area contributed by atoms with Crippen LogP contribution < -0.4 is 5.32 Å². The normalized spacial score (nSPS) is 10.9. The van der Waals surface area contributed by atoms with Crippen molar-refractivity contribution in [3.63, 3.8) is 0 Å². The van der Waals surface area contributed by atoms with Gasteiger partial charge in [0.1, 0.15) is 12.2 Å². The highest BCUT2D eigenvalue weighted by molar-refractivity contribution is 5.93. The highest BCUT2D eigenvalue weighted by atomic mass is 16.6. The van der Waals surface area contributed by atoms with Crippen molar-refractivity contribution < 1.29 is 23.9 Å². The Kier molecular flexibility index (Phi) is 8.74. The maximum Gasteiger partial charge on any atom is 0.417 e. The van der Waals surface area contributed by atoms with E-state index in [1.165, 1.54) is 4.90 Å². The van der Waals surface area contributed by atoms with Gasteiger partial charge in [-0.25, -0.2) is 14.5 Å². The van der Waals surface area contributed by atoms with Crippen molar-refractivity contribution in [1.82, 2.24) is 15.1 Å². The van der Waals surface area contributed by atoms with Crippen molar-refractivity contribution in [3.8, 4) is 0 Å². The first kappa shape index (κ1) is 22.4. The lowest BCUT2D eigenvalue weighted by Crippen LogP contribution is -2.47. The number of nitrogens with one attached hydrogen (secondary N) is 1. The van der Waals surface area contributed by atoms with E-state index in [9.17, 15) is 14.4 Å². The topological polar surface area (TPSA) is 88.2 Å². The van der Waals surface area contributed by atoms with Gasteiger partial charge in [-0.05, 0) is 33.4 Å². The third kappa shape index (κ3) is 8.54. The van der Waals surface area contributed by atoms with Crippen LogP contribution in [0.5, 0.6) is 0 Å². The minimum Gasteiger partial charge on any atom is -0.445 e. The average molecular weight is 379 g/mol. The molecule has 0 bridgehead atoms. The van der Waals surface area contributed by atoms with Gasteiger partial charge in [-0.15, -0.1) is 0 Å². The first-order valence-electron chi connectivity index (χ1n) is 8.74. The average Bonchev–Trinajstić information content (AvgIpc) is 2.59. The number of carbonyl (C=O) groups is 3. The van der Waals surface area contributed by atoms with Gasteiger partial charge >= 0.3 is 12.2 Å². The molecule has 0 heterocycles. The molecule has 1 aromatic rings. The lowest BCUT2D eigenvalue weighted by molar-refractivity contribution is -0.129. The number of nitrogens with zero attached hydrogens (tertiary/aromatic N) is 2. The fraction of sp³-hybridized carbons (Fsp3) is 0.526. The molecule has 1 N–H and O–H groups in total. The number of likely N-dealkylation sites (N-methyl/N-ethyl adjacent to an activating group) is 2. The molecule has 150 valence electrons. The smallest absolute Gasteiger partial charge is 0.417 e. The number of hydrogen-bond acceptors (Lipinski definition) is 6. The summed E-state index contributed by atoms with van der Waals surface area (Å²) in [4.78, 5) is 38.9. The van der Waals surface area contributed by atoms with E-state index < -0.39 is 23.7 Å². The zero-order chi connectivity index (χ0) is 20.4. The summed E-state index contributed by atoms with van der Waals surface area (Å²) < 4.78 is 10.5. The van der Waals surface area contributed by atoms with Crippen molar-refractivity contribution >= 4 is 18.1 Å². The highest BCUT2D eigenvalue weighted by Crippen LogP contribution is 2.10. The van der Waals surface area contributed by atoms with Gasteiger partial charge in [0.25, 0.3) is 0 Å². The van der Waals surface area contributed by atoms with Crippen LogP contribution in [0.2, 0.25) is 0 Å². The van der Waals surface area contributed by atoms with Crippen molar-refractivity contribution in [2.45, 2.75) is 33.0 Å². The Morgan fingerprint density at radius 1 is 1.04 bits per heavy atom. The molecule has 27 heavy (non-hydrogen) atoms. The number of rotatable bonds is 7. The molecule has 0 aliphatic rings. The lowest BCUT2D eigenvalue weighted by Gasteiger charge is -2.27. The Labute approximate surface area is 160 Å². The van der Waals surface area contributed by atoms with Crippen LogP contribution in [0.25, 0.3) is 0 Å². The lowest BCUT2D eigenvalue weighted by atomic mass is 10.2. The van der Waals surface area contributed by atoms with Crippen LogP contribution in [0.4, 0.5) is 9.59 Å². The summed E-state index contributed by atoms with van der Waals surface area (Å²) in [6.07, 6.45) is -1.28. The van der Waals surface area contributed by atoms with Crippen LogP contribution in [-0.2, 0) is 20.9 Å². The number of carbonyl (C=O) groups excluding carboxylic acids is 3. The highest BCUT2D eigenvalue weighted by Gasteiger charge is 2.27. The van der Waals surface area contributed by atoms with Gasteiger partial charge in [-0.3, -0.25) is 4.79 Å². The van der Waals surface area contributed by atoms with Crippen LogP contribution in [0.3, 0.4) is 0 Å². The van der Waals surface area contributed by atoms with Crippen LogP contribution >= 0.6 is 0 Å². The Balaban J connectivity index is 2.60. The first-order valence-corrected chi connectivity index (χ1v) is 8.74. The summed E-state index contributed by atoms with van der Waals surface area (Å²) >= 11 is 0. The van der Waals surface area contributed by atoms with Crippen LogP contribution in [0.15, 0.2) is 30.3 Å². The van der Waals surface area contributed by atoms with E-state index in [0.717, 1.165) is 10.5 Å². The molecular formula is C19H29N3O5. The summed E-state index contributed by atoms with van der Waals surface area (Å²) in [5, 5.41) is 2.71. The number of amides is 3. The monoisotopic (exact) mass is 379 g/mol. The molecule has 0 radical (unpaired) electrons. The largest absolute Gasteiger partial charge is 0.445 e. The van der Waals surface area contributed by atoms with Crippen LogP contribution in [0, 0.1) is 0 Å². The third-order valence-electron chi connectivity index (χ3n) is 3.42. The summed E-state index contributed by atoms with van der Waals surface area (Å²) in [6.45, 7) is 5.44. The van der Waals surface area contributed by atoms with Gasteiger partial charge in [0.05, 0.1) is 6.54 Å². The quantitative estimate of drug-likeness (QED) is 0.782. The summed E-state index contributed by atoms with van der Waals surface area (Å²) in [7, 11) is 3.15. The molecule has 0 saturated heterocycles. The second kappa shape index (κ2) is 10.5. The number of imide groups is 1. The van der Waals surface area contributed by atoms with Gasteiger partial charge in [0.2, 0.25) is 5.91 Å². The van der Waals surface area contributed by atoms with E-state index in [4.69, 9.17) is 9.47 Å². The molecule has 3 amide bonds. The molecule has 1 rings (SSSR count).